The molecular weight excluding hydrogens is 452 g/mol. The Kier molecular flexibility index (Phi) is 7.78. The summed E-state index contributed by atoms with van der Waals surface area (Å²) in [5.74, 6) is -1.35. The average molecular weight is 485 g/mol. The van der Waals surface area contributed by atoms with E-state index in [9.17, 15) is 24.0 Å². The number of amides is 4. The van der Waals surface area contributed by atoms with Gasteiger partial charge in [-0.15, -0.1) is 0 Å². The maximum Gasteiger partial charge on any atom is 0.330 e. The standard InChI is InChI=1S/C24H32N6O5/c1-4-6-13-28(18-19(25)29(14-7-5-2)22(34)26-20(18)32)17(31)15-30-21(33)24(3,27-23(30)35)16-11-9-8-10-12-16/h8-12H,4-7,13-15,25H2,1-3H3,(H,27,35)(H,26,32,34)/t24-/m0/s1. The highest BCUT2D eigenvalue weighted by Crippen LogP contribution is 2.29. The number of hydrogen-bond acceptors (Lipinski definition) is 6. The predicted octanol–water partition coefficient (Wildman–Crippen LogP) is 1.52. The summed E-state index contributed by atoms with van der Waals surface area (Å²) in [6, 6.07) is 8.03. The third-order valence-corrected chi connectivity index (χ3v) is 6.18. The molecule has 1 aromatic carbocycles. The normalized spacial score (nSPS) is 17.5. The van der Waals surface area contributed by atoms with E-state index in [0.29, 0.717) is 24.8 Å². The van der Waals surface area contributed by atoms with Crippen LogP contribution in [0.4, 0.5) is 16.3 Å². The first-order valence-electron chi connectivity index (χ1n) is 11.8. The molecule has 0 bridgehead atoms. The minimum absolute atomic E-state index is 0.122. The van der Waals surface area contributed by atoms with E-state index in [1.807, 2.05) is 13.8 Å². The molecule has 2 aromatic rings. The van der Waals surface area contributed by atoms with E-state index in [0.717, 1.165) is 16.2 Å². The molecule has 0 radical (unpaired) electrons. The second-order valence-corrected chi connectivity index (χ2v) is 8.71. The van der Waals surface area contributed by atoms with Crippen molar-refractivity contribution in [1.29, 1.82) is 0 Å². The Morgan fingerprint density at radius 2 is 1.71 bits per heavy atom. The Hall–Kier alpha value is -3.89. The minimum Gasteiger partial charge on any atom is -0.383 e. The first-order valence-corrected chi connectivity index (χ1v) is 11.8. The summed E-state index contributed by atoms with van der Waals surface area (Å²) in [5, 5.41) is 2.66. The highest BCUT2D eigenvalue weighted by atomic mass is 16.2. The number of nitrogen functional groups attached to an aromatic ring is 1. The zero-order valence-corrected chi connectivity index (χ0v) is 20.3. The average Bonchev–Trinajstić information content (AvgIpc) is 3.05. The molecule has 11 heteroatoms. The summed E-state index contributed by atoms with van der Waals surface area (Å²) >= 11 is 0. The molecule has 0 unspecified atom stereocenters. The van der Waals surface area contributed by atoms with Crippen molar-refractivity contribution in [2.24, 2.45) is 0 Å². The lowest BCUT2D eigenvalue weighted by molar-refractivity contribution is -0.134. The van der Waals surface area contributed by atoms with Crippen LogP contribution in [0.5, 0.6) is 0 Å². The van der Waals surface area contributed by atoms with Gasteiger partial charge in [0.1, 0.15) is 17.9 Å². The number of urea groups is 1. The molecule has 1 aliphatic heterocycles. The molecule has 0 aliphatic carbocycles. The second kappa shape index (κ2) is 10.6. The van der Waals surface area contributed by atoms with Gasteiger partial charge in [0.05, 0.1) is 0 Å². The van der Waals surface area contributed by atoms with Gasteiger partial charge in [0, 0.05) is 13.1 Å². The molecule has 0 spiro atoms. The van der Waals surface area contributed by atoms with Crippen molar-refractivity contribution in [3.8, 4) is 0 Å². The summed E-state index contributed by atoms with van der Waals surface area (Å²) in [6.07, 6.45) is 2.71. The van der Waals surface area contributed by atoms with Crippen LogP contribution < -0.4 is 27.2 Å². The molecule has 3 rings (SSSR count). The van der Waals surface area contributed by atoms with Gasteiger partial charge in [-0.1, -0.05) is 57.0 Å². The van der Waals surface area contributed by atoms with Crippen LogP contribution in [0.1, 0.15) is 52.0 Å². The lowest BCUT2D eigenvalue weighted by Crippen LogP contribution is -2.47. The SMILES string of the molecule is CCCCN(C(=O)CN1C(=O)N[C@@](C)(c2ccccc2)C1=O)c1c(N)n(CCCC)c(=O)[nH]c1=O. The number of unbranched alkanes of at least 4 members (excludes halogenated alkanes) is 2. The zero-order valence-electron chi connectivity index (χ0n) is 20.3. The molecule has 1 atom stereocenters. The minimum atomic E-state index is -1.32. The number of nitrogens with two attached hydrogens (primary N) is 1. The third-order valence-electron chi connectivity index (χ3n) is 6.18. The molecule has 1 aliphatic rings. The molecule has 1 aromatic heterocycles. The van der Waals surface area contributed by atoms with Gasteiger partial charge < -0.3 is 16.0 Å². The first kappa shape index (κ1) is 25.7. The number of rotatable bonds is 10. The topological polar surface area (TPSA) is 151 Å². The Morgan fingerprint density at radius 1 is 1.06 bits per heavy atom. The van der Waals surface area contributed by atoms with Crippen LogP contribution in [-0.4, -0.2) is 45.4 Å². The van der Waals surface area contributed by atoms with Crippen LogP contribution in [0.25, 0.3) is 0 Å². The van der Waals surface area contributed by atoms with E-state index in [1.54, 1.807) is 37.3 Å². The largest absolute Gasteiger partial charge is 0.383 e. The molecule has 1 saturated heterocycles. The highest BCUT2D eigenvalue weighted by molar-refractivity contribution is 6.10. The molecule has 2 heterocycles. The number of carbonyl (C=O) groups excluding carboxylic acids is 3. The number of nitrogens with zero attached hydrogens (tertiary/aromatic N) is 3. The number of aromatic amines is 1. The van der Waals surface area contributed by atoms with Crippen molar-refractivity contribution >= 4 is 29.4 Å². The van der Waals surface area contributed by atoms with Gasteiger partial charge in [0.2, 0.25) is 5.91 Å². The highest BCUT2D eigenvalue weighted by Gasteiger charge is 2.49. The van der Waals surface area contributed by atoms with Gasteiger partial charge in [-0.05, 0) is 25.3 Å². The fourth-order valence-corrected chi connectivity index (χ4v) is 4.08. The fraction of sp³-hybridized carbons (Fsp3) is 0.458. The maximum atomic E-state index is 13.4. The second-order valence-electron chi connectivity index (χ2n) is 8.71. The summed E-state index contributed by atoms with van der Waals surface area (Å²) in [5.41, 5.74) is 3.86. The van der Waals surface area contributed by atoms with E-state index in [2.05, 4.69) is 10.3 Å². The lowest BCUT2D eigenvalue weighted by atomic mass is 9.92. The van der Waals surface area contributed by atoms with Gasteiger partial charge in [-0.25, -0.2) is 9.59 Å². The van der Waals surface area contributed by atoms with E-state index < -0.39 is 41.2 Å². The number of aromatic nitrogens is 2. The van der Waals surface area contributed by atoms with Crippen LogP contribution in [-0.2, 0) is 21.7 Å². The van der Waals surface area contributed by atoms with Crippen LogP contribution in [0.2, 0.25) is 0 Å². The number of benzene rings is 1. The van der Waals surface area contributed by atoms with Crippen molar-refractivity contribution in [1.82, 2.24) is 19.8 Å². The first-order chi connectivity index (χ1) is 16.7. The monoisotopic (exact) mass is 484 g/mol. The summed E-state index contributed by atoms with van der Waals surface area (Å²) in [7, 11) is 0. The van der Waals surface area contributed by atoms with Crippen molar-refractivity contribution in [2.45, 2.75) is 58.5 Å². The molecule has 1 fully saturated rings. The summed E-state index contributed by atoms with van der Waals surface area (Å²) < 4.78 is 1.23. The molecular formula is C24H32N6O5. The molecule has 0 saturated carbocycles. The Bertz CT molecular complexity index is 1220. The van der Waals surface area contributed by atoms with Crippen LogP contribution in [0.3, 0.4) is 0 Å². The quantitative estimate of drug-likeness (QED) is 0.435. The zero-order chi connectivity index (χ0) is 25.8. The van der Waals surface area contributed by atoms with Crippen LogP contribution in [0.15, 0.2) is 39.9 Å². The predicted molar refractivity (Wildman–Crippen MR) is 132 cm³/mol. The Morgan fingerprint density at radius 3 is 2.34 bits per heavy atom. The van der Waals surface area contributed by atoms with E-state index in [-0.39, 0.29) is 24.6 Å². The third kappa shape index (κ3) is 4.98. The molecule has 4 amide bonds. The summed E-state index contributed by atoms with van der Waals surface area (Å²) in [4.78, 5) is 68.7. The number of H-pyrrole nitrogens is 1. The van der Waals surface area contributed by atoms with Crippen LogP contribution in [0, 0.1) is 0 Å². The van der Waals surface area contributed by atoms with Crippen molar-refractivity contribution in [3.05, 3.63) is 56.7 Å². The summed E-state index contributed by atoms with van der Waals surface area (Å²) in [6.45, 7) is 5.28. The fourth-order valence-electron chi connectivity index (χ4n) is 4.08. The number of anilines is 2. The van der Waals surface area contributed by atoms with Gasteiger partial charge in [-0.3, -0.25) is 28.8 Å². The molecule has 4 N–H and O–H groups in total. The van der Waals surface area contributed by atoms with E-state index >= 15 is 0 Å². The van der Waals surface area contributed by atoms with Crippen molar-refractivity contribution in [3.63, 3.8) is 0 Å². The maximum absolute atomic E-state index is 13.4. The van der Waals surface area contributed by atoms with E-state index in [4.69, 9.17) is 5.73 Å². The Labute approximate surface area is 202 Å². The van der Waals surface area contributed by atoms with Crippen molar-refractivity contribution in [2.75, 3.05) is 23.7 Å². The molecule has 11 nitrogen and oxygen atoms in total. The lowest BCUT2D eigenvalue weighted by Gasteiger charge is -2.26. The number of imide groups is 1. The smallest absolute Gasteiger partial charge is 0.330 e. The van der Waals surface area contributed by atoms with Gasteiger partial charge in [-0.2, -0.15) is 0 Å². The Balaban J connectivity index is 1.95. The number of hydrogen-bond donors (Lipinski definition) is 3. The molecule has 188 valence electrons. The van der Waals surface area contributed by atoms with Crippen LogP contribution >= 0.6 is 0 Å². The van der Waals surface area contributed by atoms with E-state index in [1.165, 1.54) is 4.57 Å². The van der Waals surface area contributed by atoms with Crippen molar-refractivity contribution < 1.29 is 14.4 Å². The molecule has 35 heavy (non-hydrogen) atoms. The number of carbonyl (C=O) groups is 3. The number of nitrogens with one attached hydrogen (secondary N) is 2. The van der Waals surface area contributed by atoms with Gasteiger partial charge in [0.15, 0.2) is 5.69 Å². The van der Waals surface area contributed by atoms with Gasteiger partial charge in [0.25, 0.3) is 11.5 Å². The van der Waals surface area contributed by atoms with Gasteiger partial charge >= 0.3 is 11.7 Å².